The van der Waals surface area contributed by atoms with E-state index >= 15 is 0 Å². The fraction of sp³-hybridized carbons (Fsp3) is 0.667. The summed E-state index contributed by atoms with van der Waals surface area (Å²) in [5, 5.41) is 3.30. The van der Waals surface area contributed by atoms with E-state index in [4.69, 9.17) is 9.47 Å². The maximum atomic E-state index is 5.99. The van der Waals surface area contributed by atoms with E-state index < -0.39 is 0 Å². The molecule has 1 saturated carbocycles. The lowest BCUT2D eigenvalue weighted by Gasteiger charge is -2.20. The van der Waals surface area contributed by atoms with Crippen LogP contribution in [0.3, 0.4) is 0 Å². The van der Waals surface area contributed by atoms with Gasteiger partial charge in [0.15, 0.2) is 0 Å². The monoisotopic (exact) mass is 298 g/mol. The fourth-order valence-corrected chi connectivity index (χ4v) is 2.93. The van der Waals surface area contributed by atoms with Gasteiger partial charge in [0.25, 0.3) is 0 Å². The van der Waals surface area contributed by atoms with E-state index in [1.807, 2.05) is 6.07 Å². The summed E-state index contributed by atoms with van der Waals surface area (Å²) in [6, 6.07) is 4.01. The zero-order chi connectivity index (χ0) is 13.1. The highest BCUT2D eigenvalue weighted by atomic mass is 35.5. The Bertz CT molecular complexity index is 436. The first-order valence-electron chi connectivity index (χ1n) is 7.33. The lowest BCUT2D eigenvalue weighted by molar-refractivity contribution is 0.146. The number of fused-ring (bicyclic) bond motifs is 1. The Morgan fingerprint density at radius 1 is 1.35 bits per heavy atom. The van der Waals surface area contributed by atoms with Gasteiger partial charge in [0.05, 0.1) is 0 Å². The van der Waals surface area contributed by atoms with Crippen molar-refractivity contribution in [2.75, 3.05) is 13.2 Å². The predicted octanol–water partition coefficient (Wildman–Crippen LogP) is 2.94. The molecule has 0 saturated heterocycles. The van der Waals surface area contributed by atoms with Crippen LogP contribution in [0, 0.1) is 5.92 Å². The van der Waals surface area contributed by atoms with Crippen molar-refractivity contribution in [1.29, 1.82) is 0 Å². The molecule has 1 N–H and O–H groups in total. The average Bonchev–Trinajstić information content (AvgIpc) is 2.85. The van der Waals surface area contributed by atoms with Crippen LogP contribution in [0.2, 0.25) is 0 Å². The Morgan fingerprint density at radius 3 is 2.95 bits per heavy atom. The van der Waals surface area contributed by atoms with Gasteiger partial charge in [0, 0.05) is 24.7 Å². The van der Waals surface area contributed by atoms with Gasteiger partial charge < -0.3 is 14.8 Å². The number of halogens is 1. The van der Waals surface area contributed by atoms with Crippen molar-refractivity contribution in [1.82, 2.24) is 10.3 Å². The van der Waals surface area contributed by atoms with Crippen molar-refractivity contribution < 1.29 is 9.47 Å². The van der Waals surface area contributed by atoms with E-state index in [-0.39, 0.29) is 18.5 Å². The number of nitrogens with zero attached hydrogens (tertiary/aromatic N) is 1. The minimum absolute atomic E-state index is 0. The molecule has 0 radical (unpaired) electrons. The Hall–Kier alpha value is -1.00. The molecular weight excluding hydrogens is 276 g/mol. The summed E-state index contributed by atoms with van der Waals surface area (Å²) >= 11 is 0. The van der Waals surface area contributed by atoms with Crippen molar-refractivity contribution in [3.05, 3.63) is 17.7 Å². The van der Waals surface area contributed by atoms with E-state index in [1.54, 1.807) is 0 Å². The van der Waals surface area contributed by atoms with Crippen molar-refractivity contribution >= 4 is 12.4 Å². The Morgan fingerprint density at radius 2 is 2.15 bits per heavy atom. The van der Waals surface area contributed by atoms with Gasteiger partial charge in [0.2, 0.25) is 11.8 Å². The molecule has 1 aromatic heterocycles. The molecule has 0 spiro atoms. The smallest absolute Gasteiger partial charge is 0.221 e. The Balaban J connectivity index is 0.00000147. The van der Waals surface area contributed by atoms with E-state index in [2.05, 4.69) is 23.3 Å². The average molecular weight is 299 g/mol. The lowest BCUT2D eigenvalue weighted by Crippen LogP contribution is -2.21. The zero-order valence-corrected chi connectivity index (χ0v) is 12.7. The SMILES string of the molecule is CC(Oc1ccc2c(n1)OCCNC2)C1CCCC1.Cl. The molecule has 1 unspecified atom stereocenters. The topological polar surface area (TPSA) is 43.4 Å². The molecule has 5 heteroatoms. The van der Waals surface area contributed by atoms with Gasteiger partial charge in [-0.3, -0.25) is 0 Å². The van der Waals surface area contributed by atoms with Crippen LogP contribution in [0.15, 0.2) is 12.1 Å². The molecule has 4 nitrogen and oxygen atoms in total. The van der Waals surface area contributed by atoms with E-state index in [0.717, 1.165) is 24.5 Å². The highest BCUT2D eigenvalue weighted by Gasteiger charge is 2.23. The van der Waals surface area contributed by atoms with Gasteiger partial charge in [-0.15, -0.1) is 12.4 Å². The lowest BCUT2D eigenvalue weighted by atomic mass is 10.0. The van der Waals surface area contributed by atoms with Gasteiger partial charge >= 0.3 is 0 Å². The van der Waals surface area contributed by atoms with Crippen LogP contribution in [-0.2, 0) is 6.54 Å². The molecule has 1 fully saturated rings. The molecule has 20 heavy (non-hydrogen) atoms. The third-order valence-electron chi connectivity index (χ3n) is 4.12. The quantitative estimate of drug-likeness (QED) is 0.932. The number of ether oxygens (including phenoxy) is 2. The minimum Gasteiger partial charge on any atom is -0.476 e. The second-order valence-electron chi connectivity index (χ2n) is 5.51. The maximum Gasteiger partial charge on any atom is 0.221 e. The normalized spacial score (nSPS) is 20.2. The molecule has 0 amide bonds. The molecule has 2 aliphatic rings. The van der Waals surface area contributed by atoms with Crippen LogP contribution >= 0.6 is 12.4 Å². The number of hydrogen-bond acceptors (Lipinski definition) is 4. The van der Waals surface area contributed by atoms with Crippen LogP contribution < -0.4 is 14.8 Å². The summed E-state index contributed by atoms with van der Waals surface area (Å²) in [5.74, 6) is 2.10. The third-order valence-corrected chi connectivity index (χ3v) is 4.12. The summed E-state index contributed by atoms with van der Waals surface area (Å²) in [6.07, 6.45) is 5.49. The molecule has 1 aliphatic heterocycles. The Kier molecular flexibility index (Phi) is 5.49. The molecule has 1 atom stereocenters. The van der Waals surface area contributed by atoms with Gasteiger partial charge in [-0.2, -0.15) is 4.98 Å². The van der Waals surface area contributed by atoms with Crippen molar-refractivity contribution in [2.24, 2.45) is 5.92 Å². The largest absolute Gasteiger partial charge is 0.476 e. The summed E-state index contributed by atoms with van der Waals surface area (Å²) < 4.78 is 11.6. The Labute approximate surface area is 126 Å². The molecule has 2 heterocycles. The van der Waals surface area contributed by atoms with Gasteiger partial charge in [-0.25, -0.2) is 0 Å². The third kappa shape index (κ3) is 3.55. The highest BCUT2D eigenvalue weighted by molar-refractivity contribution is 5.85. The summed E-state index contributed by atoms with van der Waals surface area (Å²) in [4.78, 5) is 4.50. The molecule has 0 bridgehead atoms. The highest BCUT2D eigenvalue weighted by Crippen LogP contribution is 2.30. The zero-order valence-electron chi connectivity index (χ0n) is 11.9. The summed E-state index contributed by atoms with van der Waals surface area (Å²) in [7, 11) is 0. The minimum atomic E-state index is 0. The summed E-state index contributed by atoms with van der Waals surface area (Å²) in [6.45, 7) is 4.51. The number of rotatable bonds is 3. The molecular formula is C15H23ClN2O2. The molecule has 1 aromatic rings. The first-order chi connectivity index (χ1) is 9.33. The molecule has 3 rings (SSSR count). The van der Waals surface area contributed by atoms with E-state index in [1.165, 1.54) is 25.7 Å². The fourth-order valence-electron chi connectivity index (χ4n) is 2.93. The van der Waals surface area contributed by atoms with Crippen molar-refractivity contribution in [3.63, 3.8) is 0 Å². The van der Waals surface area contributed by atoms with Gasteiger partial charge in [0.1, 0.15) is 12.7 Å². The second kappa shape index (κ2) is 7.14. The standard InChI is InChI=1S/C15H22N2O2.ClH/c1-11(12-4-2-3-5-12)19-14-7-6-13-10-16-8-9-18-15(13)17-14;/h6-7,11-12,16H,2-5,8-10H2,1H3;1H. The van der Waals surface area contributed by atoms with Crippen LogP contribution in [0.1, 0.15) is 38.2 Å². The number of aromatic nitrogens is 1. The molecule has 0 aromatic carbocycles. The molecule has 1 aliphatic carbocycles. The van der Waals surface area contributed by atoms with Crippen LogP contribution in [0.5, 0.6) is 11.8 Å². The predicted molar refractivity (Wildman–Crippen MR) is 80.7 cm³/mol. The number of hydrogen-bond donors (Lipinski definition) is 1. The number of pyridine rings is 1. The van der Waals surface area contributed by atoms with Gasteiger partial charge in [-0.05, 0) is 31.7 Å². The van der Waals surface area contributed by atoms with Crippen molar-refractivity contribution in [3.8, 4) is 11.8 Å². The first kappa shape index (κ1) is 15.4. The van der Waals surface area contributed by atoms with Crippen LogP contribution in [0.4, 0.5) is 0 Å². The van der Waals surface area contributed by atoms with Crippen LogP contribution in [0.25, 0.3) is 0 Å². The maximum absolute atomic E-state index is 5.99. The first-order valence-corrected chi connectivity index (χ1v) is 7.33. The second-order valence-corrected chi connectivity index (χ2v) is 5.51. The van der Waals surface area contributed by atoms with Crippen molar-refractivity contribution in [2.45, 2.75) is 45.3 Å². The number of nitrogens with one attached hydrogen (secondary N) is 1. The summed E-state index contributed by atoms with van der Waals surface area (Å²) in [5.41, 5.74) is 1.11. The molecule has 112 valence electrons. The van der Waals surface area contributed by atoms with E-state index in [0.29, 0.717) is 18.4 Å². The van der Waals surface area contributed by atoms with E-state index in [9.17, 15) is 0 Å². The van der Waals surface area contributed by atoms with Crippen LogP contribution in [-0.4, -0.2) is 24.2 Å². The van der Waals surface area contributed by atoms with Gasteiger partial charge in [-0.1, -0.05) is 12.8 Å².